The fourth-order valence-electron chi connectivity index (χ4n) is 2.28. The minimum Gasteiger partial charge on any atom is -0.385 e. The number of carbonyl (C=O) groups is 2. The molecule has 0 radical (unpaired) electrons. The molecule has 0 aromatic carbocycles. The van der Waals surface area contributed by atoms with Crippen molar-refractivity contribution in [3.05, 3.63) is 0 Å². The summed E-state index contributed by atoms with van der Waals surface area (Å²) < 4.78 is 24.2. The Morgan fingerprint density at radius 3 is 2.58 bits per heavy atom. The fourth-order valence-corrected chi connectivity index (χ4v) is 2.28. The molecule has 1 aliphatic carbocycles. The summed E-state index contributed by atoms with van der Waals surface area (Å²) in [5.41, 5.74) is 0. The molecule has 2 unspecified atom stereocenters. The summed E-state index contributed by atoms with van der Waals surface area (Å²) in [6.07, 6.45) is -1.71. The molecule has 1 aliphatic heterocycles. The van der Waals surface area contributed by atoms with Crippen LogP contribution in [-0.4, -0.2) is 53.5 Å². The number of likely N-dealkylation sites (tertiary alicyclic amines) is 1. The first kappa shape index (κ1) is 14.2. The van der Waals surface area contributed by atoms with Gasteiger partial charge in [-0.15, -0.1) is 0 Å². The second-order valence-corrected chi connectivity index (χ2v) is 5.11. The van der Waals surface area contributed by atoms with E-state index in [0.717, 1.165) is 19.3 Å². The summed E-state index contributed by atoms with van der Waals surface area (Å²) in [5, 5.41) is 11.2. The third-order valence-electron chi connectivity index (χ3n) is 3.54. The summed E-state index contributed by atoms with van der Waals surface area (Å²) >= 11 is 0. The lowest BCUT2D eigenvalue weighted by Gasteiger charge is -2.24. The second kappa shape index (κ2) is 5.81. The van der Waals surface area contributed by atoms with Gasteiger partial charge in [0.25, 0.3) is 6.43 Å². The van der Waals surface area contributed by atoms with Gasteiger partial charge in [0.1, 0.15) is 12.1 Å². The number of rotatable bonds is 5. The van der Waals surface area contributed by atoms with Crippen molar-refractivity contribution in [2.75, 3.05) is 13.1 Å². The molecular formula is C12H18F2N2O3. The maximum absolute atomic E-state index is 12.1. The van der Waals surface area contributed by atoms with Crippen LogP contribution < -0.4 is 5.32 Å². The zero-order chi connectivity index (χ0) is 14.0. The van der Waals surface area contributed by atoms with Crippen molar-refractivity contribution < 1.29 is 23.5 Å². The van der Waals surface area contributed by atoms with Gasteiger partial charge in [0.2, 0.25) is 11.8 Å². The van der Waals surface area contributed by atoms with E-state index in [1.54, 1.807) is 4.90 Å². The minimum atomic E-state index is -2.88. The van der Waals surface area contributed by atoms with Crippen molar-refractivity contribution in [1.29, 1.82) is 0 Å². The van der Waals surface area contributed by atoms with Gasteiger partial charge >= 0.3 is 0 Å². The standard InChI is InChI=1S/C12H18F2N2O3/c13-10(14)9(17)6-15-11(18)8-2-1-5-16(8)12(19)7-3-4-7/h7-10,17H,1-6H2,(H,15,18). The van der Waals surface area contributed by atoms with Crippen LogP contribution in [0, 0.1) is 5.92 Å². The van der Waals surface area contributed by atoms with Crippen LogP contribution in [0.3, 0.4) is 0 Å². The number of aliphatic hydroxyl groups is 1. The molecule has 0 bridgehead atoms. The molecule has 108 valence electrons. The molecular weight excluding hydrogens is 258 g/mol. The molecule has 2 aliphatic rings. The predicted molar refractivity (Wildman–Crippen MR) is 62.5 cm³/mol. The number of amides is 2. The Bertz CT molecular complexity index is 361. The molecule has 19 heavy (non-hydrogen) atoms. The molecule has 1 heterocycles. The molecule has 7 heteroatoms. The van der Waals surface area contributed by atoms with Crippen LogP contribution in [-0.2, 0) is 9.59 Å². The molecule has 2 atom stereocenters. The van der Waals surface area contributed by atoms with Gasteiger partial charge in [-0.2, -0.15) is 0 Å². The zero-order valence-corrected chi connectivity index (χ0v) is 10.5. The maximum atomic E-state index is 12.1. The van der Waals surface area contributed by atoms with Crippen LogP contribution >= 0.6 is 0 Å². The highest BCUT2D eigenvalue weighted by molar-refractivity contribution is 5.89. The van der Waals surface area contributed by atoms with Gasteiger partial charge in [-0.1, -0.05) is 0 Å². The van der Waals surface area contributed by atoms with Gasteiger partial charge < -0.3 is 15.3 Å². The van der Waals surface area contributed by atoms with E-state index in [-0.39, 0.29) is 11.8 Å². The van der Waals surface area contributed by atoms with Crippen LogP contribution in [0.1, 0.15) is 25.7 Å². The van der Waals surface area contributed by atoms with E-state index in [1.165, 1.54) is 0 Å². The van der Waals surface area contributed by atoms with E-state index >= 15 is 0 Å². The summed E-state index contributed by atoms with van der Waals surface area (Å²) in [6.45, 7) is 0.0588. The normalized spacial score (nSPS) is 24.6. The third kappa shape index (κ3) is 3.40. The Labute approximate surface area is 109 Å². The van der Waals surface area contributed by atoms with Gasteiger partial charge in [-0.25, -0.2) is 8.78 Å². The van der Waals surface area contributed by atoms with Crippen LogP contribution in [0.4, 0.5) is 8.78 Å². The first-order valence-corrected chi connectivity index (χ1v) is 6.55. The Balaban J connectivity index is 1.85. The van der Waals surface area contributed by atoms with Crippen LogP contribution in [0.15, 0.2) is 0 Å². The monoisotopic (exact) mass is 276 g/mol. The van der Waals surface area contributed by atoms with Gasteiger partial charge in [0.05, 0.1) is 0 Å². The molecule has 2 fully saturated rings. The third-order valence-corrected chi connectivity index (χ3v) is 3.54. The number of carbonyl (C=O) groups excluding carboxylic acids is 2. The average molecular weight is 276 g/mol. The highest BCUT2D eigenvalue weighted by Crippen LogP contribution is 2.33. The van der Waals surface area contributed by atoms with Crippen LogP contribution in [0.25, 0.3) is 0 Å². The van der Waals surface area contributed by atoms with E-state index < -0.39 is 31.0 Å². The predicted octanol–water partition coefficient (Wildman–Crippen LogP) is 0.130. The quantitative estimate of drug-likeness (QED) is 0.750. The molecule has 1 saturated carbocycles. The number of hydrogen-bond donors (Lipinski definition) is 2. The Kier molecular flexibility index (Phi) is 4.34. The molecule has 2 N–H and O–H groups in total. The number of alkyl halides is 2. The minimum absolute atomic E-state index is 0.00735. The molecule has 2 amide bonds. The van der Waals surface area contributed by atoms with Crippen molar-refractivity contribution in [3.8, 4) is 0 Å². The molecule has 0 aromatic rings. The SMILES string of the molecule is O=C(NCC(O)C(F)F)C1CCCN1C(=O)C1CC1. The number of nitrogens with one attached hydrogen (secondary N) is 1. The molecule has 1 saturated heterocycles. The first-order valence-electron chi connectivity index (χ1n) is 6.55. The van der Waals surface area contributed by atoms with Gasteiger partial charge in [0, 0.05) is 19.0 Å². The number of hydrogen-bond acceptors (Lipinski definition) is 3. The molecule has 2 rings (SSSR count). The number of nitrogens with zero attached hydrogens (tertiary/aromatic N) is 1. The fraction of sp³-hybridized carbons (Fsp3) is 0.833. The summed E-state index contributed by atoms with van der Waals surface area (Å²) in [4.78, 5) is 25.4. The molecule has 0 aromatic heterocycles. The smallest absolute Gasteiger partial charge is 0.265 e. The van der Waals surface area contributed by atoms with E-state index in [1.807, 2.05) is 0 Å². The van der Waals surface area contributed by atoms with E-state index in [0.29, 0.717) is 13.0 Å². The zero-order valence-electron chi connectivity index (χ0n) is 10.5. The lowest BCUT2D eigenvalue weighted by molar-refractivity contribution is -0.139. The highest BCUT2D eigenvalue weighted by Gasteiger charge is 2.40. The van der Waals surface area contributed by atoms with Crippen molar-refractivity contribution in [3.63, 3.8) is 0 Å². The van der Waals surface area contributed by atoms with E-state index in [9.17, 15) is 18.4 Å². The first-order chi connectivity index (χ1) is 9.00. The Hall–Kier alpha value is -1.24. The lowest BCUT2D eigenvalue weighted by atomic mass is 10.2. The van der Waals surface area contributed by atoms with Crippen molar-refractivity contribution in [2.24, 2.45) is 5.92 Å². The lowest BCUT2D eigenvalue weighted by Crippen LogP contribution is -2.48. The summed E-state index contributed by atoms with van der Waals surface area (Å²) in [5.74, 6) is -0.418. The Morgan fingerprint density at radius 2 is 2.00 bits per heavy atom. The summed E-state index contributed by atoms with van der Waals surface area (Å²) in [7, 11) is 0. The maximum Gasteiger partial charge on any atom is 0.265 e. The van der Waals surface area contributed by atoms with Gasteiger partial charge in [-0.05, 0) is 25.7 Å². The van der Waals surface area contributed by atoms with E-state index in [2.05, 4.69) is 5.32 Å². The van der Waals surface area contributed by atoms with Crippen molar-refractivity contribution in [2.45, 2.75) is 44.3 Å². The van der Waals surface area contributed by atoms with Crippen LogP contribution in [0.5, 0.6) is 0 Å². The molecule has 0 spiro atoms. The van der Waals surface area contributed by atoms with Gasteiger partial charge in [-0.3, -0.25) is 9.59 Å². The Morgan fingerprint density at radius 1 is 1.32 bits per heavy atom. The average Bonchev–Trinajstić information content (AvgIpc) is 3.11. The van der Waals surface area contributed by atoms with E-state index in [4.69, 9.17) is 5.11 Å². The number of aliphatic hydroxyl groups excluding tert-OH is 1. The molecule has 5 nitrogen and oxygen atoms in total. The largest absolute Gasteiger partial charge is 0.385 e. The van der Waals surface area contributed by atoms with Crippen molar-refractivity contribution >= 4 is 11.8 Å². The topological polar surface area (TPSA) is 69.6 Å². The second-order valence-electron chi connectivity index (χ2n) is 5.11. The number of halogens is 2. The van der Waals surface area contributed by atoms with Crippen LogP contribution in [0.2, 0.25) is 0 Å². The summed E-state index contributed by atoms with van der Waals surface area (Å²) in [6, 6.07) is -0.571. The highest BCUT2D eigenvalue weighted by atomic mass is 19.3. The van der Waals surface area contributed by atoms with Crippen molar-refractivity contribution in [1.82, 2.24) is 10.2 Å². The van der Waals surface area contributed by atoms with Gasteiger partial charge in [0.15, 0.2) is 0 Å².